The molecule has 134 valence electrons. The first-order valence-electron chi connectivity index (χ1n) is 8.99. The number of piperidine rings is 2. The second kappa shape index (κ2) is 7.80. The summed E-state index contributed by atoms with van der Waals surface area (Å²) in [5.74, 6) is 1.39. The number of hydrogen-bond donors (Lipinski definition) is 1. The van der Waals surface area contributed by atoms with Gasteiger partial charge in [0.1, 0.15) is 5.82 Å². The van der Waals surface area contributed by atoms with Crippen LogP contribution in [0.15, 0.2) is 18.3 Å². The van der Waals surface area contributed by atoms with Gasteiger partial charge in [-0.05, 0) is 55.7 Å². The van der Waals surface area contributed by atoms with Crippen LogP contribution in [-0.2, 0) is 16.8 Å². The molecule has 0 saturated carbocycles. The molecule has 24 heavy (non-hydrogen) atoms. The van der Waals surface area contributed by atoms with Gasteiger partial charge in [-0.2, -0.15) is 17.4 Å². The molecule has 1 aromatic heterocycles. The van der Waals surface area contributed by atoms with Gasteiger partial charge >= 0.3 is 0 Å². The van der Waals surface area contributed by atoms with Crippen LogP contribution in [0.5, 0.6) is 0 Å². The Balaban J connectivity index is 1.61. The molecule has 2 aliphatic heterocycles. The Bertz CT molecular complexity index is 644. The Morgan fingerprint density at radius 1 is 1.21 bits per heavy atom. The van der Waals surface area contributed by atoms with Crippen molar-refractivity contribution < 1.29 is 8.42 Å². The molecule has 3 rings (SSSR count). The van der Waals surface area contributed by atoms with Gasteiger partial charge in [-0.3, -0.25) is 0 Å². The lowest BCUT2D eigenvalue weighted by Crippen LogP contribution is -2.45. The molecular weight excluding hydrogens is 324 g/mol. The third-order valence-electron chi connectivity index (χ3n) is 4.91. The normalized spacial score (nSPS) is 23.4. The SMILES string of the molecule is CC1CCCN(S(=O)(=O)NCc2ccnc(N3CCCCC3)c2)C1. The maximum absolute atomic E-state index is 12.5. The summed E-state index contributed by atoms with van der Waals surface area (Å²) in [6.07, 6.45) is 7.50. The van der Waals surface area contributed by atoms with E-state index >= 15 is 0 Å². The van der Waals surface area contributed by atoms with Gasteiger partial charge in [-0.1, -0.05) is 6.92 Å². The monoisotopic (exact) mass is 352 g/mol. The topological polar surface area (TPSA) is 65.5 Å². The lowest BCUT2D eigenvalue weighted by molar-refractivity contribution is 0.278. The number of anilines is 1. The lowest BCUT2D eigenvalue weighted by Gasteiger charge is -2.30. The van der Waals surface area contributed by atoms with E-state index in [-0.39, 0.29) is 0 Å². The number of nitrogens with one attached hydrogen (secondary N) is 1. The van der Waals surface area contributed by atoms with Gasteiger partial charge < -0.3 is 4.90 Å². The molecule has 0 amide bonds. The number of nitrogens with zero attached hydrogens (tertiary/aromatic N) is 3. The van der Waals surface area contributed by atoms with E-state index in [2.05, 4.69) is 21.5 Å². The Morgan fingerprint density at radius 2 is 2.00 bits per heavy atom. The fraction of sp³-hybridized carbons (Fsp3) is 0.706. The van der Waals surface area contributed by atoms with Crippen LogP contribution in [0.1, 0.15) is 44.6 Å². The molecule has 2 aliphatic rings. The maximum atomic E-state index is 12.5. The molecule has 0 spiro atoms. The van der Waals surface area contributed by atoms with Gasteiger partial charge in [0.2, 0.25) is 0 Å². The van der Waals surface area contributed by atoms with E-state index in [1.807, 2.05) is 12.1 Å². The van der Waals surface area contributed by atoms with Crippen LogP contribution in [0.25, 0.3) is 0 Å². The first-order valence-corrected chi connectivity index (χ1v) is 10.4. The number of pyridine rings is 1. The van der Waals surface area contributed by atoms with Crippen molar-refractivity contribution in [3.05, 3.63) is 23.9 Å². The second-order valence-corrected chi connectivity index (χ2v) is 8.76. The maximum Gasteiger partial charge on any atom is 0.279 e. The largest absolute Gasteiger partial charge is 0.357 e. The third kappa shape index (κ3) is 4.46. The summed E-state index contributed by atoms with van der Waals surface area (Å²) in [5.41, 5.74) is 0.958. The van der Waals surface area contributed by atoms with Crippen molar-refractivity contribution in [1.29, 1.82) is 0 Å². The zero-order chi connectivity index (χ0) is 17.0. The van der Waals surface area contributed by atoms with Crippen LogP contribution in [0.4, 0.5) is 5.82 Å². The van der Waals surface area contributed by atoms with E-state index in [4.69, 9.17) is 0 Å². The fourth-order valence-corrected chi connectivity index (χ4v) is 4.85. The van der Waals surface area contributed by atoms with Crippen LogP contribution >= 0.6 is 0 Å². The molecule has 2 saturated heterocycles. The molecule has 1 atom stereocenters. The second-order valence-electron chi connectivity index (χ2n) is 7.00. The van der Waals surface area contributed by atoms with Gasteiger partial charge in [0.15, 0.2) is 0 Å². The minimum absolute atomic E-state index is 0.316. The Labute approximate surface area is 145 Å². The van der Waals surface area contributed by atoms with Crippen molar-refractivity contribution in [2.24, 2.45) is 5.92 Å². The van der Waals surface area contributed by atoms with Crippen LogP contribution in [-0.4, -0.2) is 43.9 Å². The van der Waals surface area contributed by atoms with Gasteiger partial charge in [0.25, 0.3) is 10.2 Å². The summed E-state index contributed by atoms with van der Waals surface area (Å²) in [6, 6.07) is 3.89. The van der Waals surface area contributed by atoms with Crippen molar-refractivity contribution in [1.82, 2.24) is 14.0 Å². The molecule has 0 radical (unpaired) electrons. The predicted molar refractivity (Wildman–Crippen MR) is 96.0 cm³/mol. The van der Waals surface area contributed by atoms with E-state index < -0.39 is 10.2 Å². The van der Waals surface area contributed by atoms with Crippen molar-refractivity contribution >= 4 is 16.0 Å². The molecule has 0 aliphatic carbocycles. The first kappa shape index (κ1) is 17.6. The van der Waals surface area contributed by atoms with Crippen molar-refractivity contribution in [3.63, 3.8) is 0 Å². The van der Waals surface area contributed by atoms with E-state index in [0.717, 1.165) is 37.3 Å². The summed E-state index contributed by atoms with van der Waals surface area (Å²) in [4.78, 5) is 6.73. The van der Waals surface area contributed by atoms with Crippen LogP contribution in [0, 0.1) is 5.92 Å². The molecule has 0 aromatic carbocycles. The highest BCUT2D eigenvalue weighted by Gasteiger charge is 2.26. The smallest absolute Gasteiger partial charge is 0.279 e. The highest BCUT2D eigenvalue weighted by molar-refractivity contribution is 7.87. The van der Waals surface area contributed by atoms with Crippen LogP contribution < -0.4 is 9.62 Å². The van der Waals surface area contributed by atoms with Gasteiger partial charge in [-0.25, -0.2) is 4.98 Å². The first-order chi connectivity index (χ1) is 11.5. The average molecular weight is 353 g/mol. The Kier molecular flexibility index (Phi) is 5.73. The van der Waals surface area contributed by atoms with Gasteiger partial charge in [-0.15, -0.1) is 0 Å². The fourth-order valence-electron chi connectivity index (χ4n) is 3.50. The molecule has 7 heteroatoms. The minimum Gasteiger partial charge on any atom is -0.357 e. The molecule has 0 bridgehead atoms. The highest BCUT2D eigenvalue weighted by atomic mass is 32.2. The van der Waals surface area contributed by atoms with Crippen LogP contribution in [0.3, 0.4) is 0 Å². The van der Waals surface area contributed by atoms with Gasteiger partial charge in [0.05, 0.1) is 0 Å². The summed E-state index contributed by atoms with van der Waals surface area (Å²) in [6.45, 7) is 5.73. The quantitative estimate of drug-likeness (QED) is 0.882. The molecule has 6 nitrogen and oxygen atoms in total. The summed E-state index contributed by atoms with van der Waals surface area (Å²) < 4.78 is 29.3. The average Bonchev–Trinajstić information content (AvgIpc) is 2.61. The number of aromatic nitrogens is 1. The third-order valence-corrected chi connectivity index (χ3v) is 6.43. The molecule has 1 unspecified atom stereocenters. The summed E-state index contributed by atoms with van der Waals surface area (Å²) in [5, 5.41) is 0. The minimum atomic E-state index is -3.40. The van der Waals surface area contributed by atoms with E-state index in [0.29, 0.717) is 25.6 Å². The summed E-state index contributed by atoms with van der Waals surface area (Å²) >= 11 is 0. The number of hydrogen-bond acceptors (Lipinski definition) is 4. The molecule has 1 N–H and O–H groups in total. The lowest BCUT2D eigenvalue weighted by atomic mass is 10.0. The molecular formula is C17H28N4O2S. The summed E-state index contributed by atoms with van der Waals surface area (Å²) in [7, 11) is -3.40. The molecule has 3 heterocycles. The Morgan fingerprint density at radius 3 is 2.75 bits per heavy atom. The highest BCUT2D eigenvalue weighted by Crippen LogP contribution is 2.20. The van der Waals surface area contributed by atoms with Crippen molar-refractivity contribution in [2.75, 3.05) is 31.1 Å². The van der Waals surface area contributed by atoms with Crippen molar-refractivity contribution in [2.45, 2.75) is 45.6 Å². The molecule has 2 fully saturated rings. The zero-order valence-corrected chi connectivity index (χ0v) is 15.3. The van der Waals surface area contributed by atoms with Crippen molar-refractivity contribution in [3.8, 4) is 0 Å². The number of rotatable bonds is 5. The zero-order valence-electron chi connectivity index (χ0n) is 14.4. The molecule has 1 aromatic rings. The van der Waals surface area contributed by atoms with E-state index in [9.17, 15) is 8.42 Å². The van der Waals surface area contributed by atoms with Crippen LogP contribution in [0.2, 0.25) is 0 Å². The Hall–Kier alpha value is -1.18. The van der Waals surface area contributed by atoms with Gasteiger partial charge in [0, 0.05) is 38.9 Å². The predicted octanol–water partition coefficient (Wildman–Crippen LogP) is 2.14. The standard InChI is InChI=1S/C17H28N4O2S/c1-15-6-5-11-21(14-15)24(22,23)19-13-16-7-8-18-17(12-16)20-9-3-2-4-10-20/h7-8,12,15,19H,2-6,9-11,13-14H2,1H3. The van der Waals surface area contributed by atoms with E-state index in [1.165, 1.54) is 19.3 Å². The van der Waals surface area contributed by atoms with E-state index in [1.54, 1.807) is 10.5 Å².